The maximum absolute atomic E-state index is 5.42. The van der Waals surface area contributed by atoms with E-state index in [0.717, 1.165) is 26.3 Å². The zero-order valence-electron chi connectivity index (χ0n) is 11.5. The molecule has 1 N–H and O–H groups in total. The van der Waals surface area contributed by atoms with E-state index in [0.29, 0.717) is 5.41 Å². The van der Waals surface area contributed by atoms with Gasteiger partial charge < -0.3 is 10.1 Å². The zero-order valence-corrected chi connectivity index (χ0v) is 11.5. The summed E-state index contributed by atoms with van der Waals surface area (Å²) in [6.07, 6.45) is 4.78. The summed E-state index contributed by atoms with van der Waals surface area (Å²) < 4.78 is 5.42. The van der Waals surface area contributed by atoms with E-state index in [2.05, 4.69) is 42.6 Å². The van der Waals surface area contributed by atoms with Crippen LogP contribution in [0.2, 0.25) is 0 Å². The Morgan fingerprint density at radius 3 is 2.61 bits per heavy atom. The number of benzene rings is 1. The van der Waals surface area contributed by atoms with Gasteiger partial charge in [0.1, 0.15) is 0 Å². The van der Waals surface area contributed by atoms with E-state index in [4.69, 9.17) is 4.74 Å². The van der Waals surface area contributed by atoms with Crippen LogP contribution in [-0.4, -0.2) is 26.3 Å². The first-order valence-corrected chi connectivity index (χ1v) is 7.11. The zero-order chi connectivity index (χ0) is 12.7. The molecule has 0 aromatic heterocycles. The normalized spacial score (nSPS) is 18.7. The number of aryl methyl sites for hydroxylation is 1. The molecule has 0 aliphatic carbocycles. The smallest absolute Gasteiger partial charge is 0.0471 e. The van der Waals surface area contributed by atoms with Gasteiger partial charge in [-0.1, -0.05) is 37.3 Å². The van der Waals surface area contributed by atoms with Crippen molar-refractivity contribution >= 4 is 0 Å². The van der Waals surface area contributed by atoms with Gasteiger partial charge in [-0.3, -0.25) is 0 Å². The molecule has 2 rings (SSSR count). The van der Waals surface area contributed by atoms with Crippen LogP contribution in [0.25, 0.3) is 0 Å². The van der Waals surface area contributed by atoms with Gasteiger partial charge in [0, 0.05) is 19.8 Å². The van der Waals surface area contributed by atoms with Gasteiger partial charge in [0.2, 0.25) is 0 Å². The van der Waals surface area contributed by atoms with Crippen LogP contribution in [0.15, 0.2) is 30.3 Å². The Labute approximate surface area is 111 Å². The van der Waals surface area contributed by atoms with Gasteiger partial charge >= 0.3 is 0 Å². The van der Waals surface area contributed by atoms with Crippen molar-refractivity contribution in [2.45, 2.75) is 32.6 Å². The van der Waals surface area contributed by atoms with E-state index in [-0.39, 0.29) is 0 Å². The van der Waals surface area contributed by atoms with Gasteiger partial charge in [0.25, 0.3) is 0 Å². The number of nitrogens with one attached hydrogen (secondary N) is 1. The Bertz CT molecular complexity index is 330. The fourth-order valence-electron chi connectivity index (χ4n) is 2.49. The Kier molecular flexibility index (Phi) is 5.21. The summed E-state index contributed by atoms with van der Waals surface area (Å²) in [6, 6.07) is 10.7. The number of rotatable bonds is 6. The highest BCUT2D eigenvalue weighted by Gasteiger charge is 2.26. The molecule has 1 heterocycles. The summed E-state index contributed by atoms with van der Waals surface area (Å²) in [5.41, 5.74) is 1.89. The molecule has 0 atom stereocenters. The van der Waals surface area contributed by atoms with Crippen LogP contribution in [0.4, 0.5) is 0 Å². The van der Waals surface area contributed by atoms with Crippen LogP contribution in [0, 0.1) is 5.41 Å². The minimum Gasteiger partial charge on any atom is -0.381 e. The summed E-state index contributed by atoms with van der Waals surface area (Å²) in [6.45, 7) is 6.49. The molecular weight excluding hydrogens is 222 g/mol. The first kappa shape index (κ1) is 13.6. The molecule has 1 saturated heterocycles. The molecule has 0 saturated carbocycles. The molecule has 1 fully saturated rings. The van der Waals surface area contributed by atoms with Crippen LogP contribution in [0.3, 0.4) is 0 Å². The predicted octanol–water partition coefficient (Wildman–Crippen LogP) is 3.03. The Morgan fingerprint density at radius 1 is 1.17 bits per heavy atom. The summed E-state index contributed by atoms with van der Waals surface area (Å²) >= 11 is 0. The minimum absolute atomic E-state index is 0.449. The second kappa shape index (κ2) is 6.91. The average molecular weight is 247 g/mol. The van der Waals surface area contributed by atoms with Crippen LogP contribution < -0.4 is 5.32 Å². The summed E-state index contributed by atoms with van der Waals surface area (Å²) in [5.74, 6) is 0. The van der Waals surface area contributed by atoms with Gasteiger partial charge in [-0.15, -0.1) is 0 Å². The first-order chi connectivity index (χ1) is 8.79. The second-order valence-electron chi connectivity index (χ2n) is 5.69. The average Bonchev–Trinajstić information content (AvgIpc) is 2.40. The number of ether oxygens (including phenoxy) is 1. The highest BCUT2D eigenvalue weighted by atomic mass is 16.5. The molecule has 0 amide bonds. The fraction of sp³-hybridized carbons (Fsp3) is 0.625. The van der Waals surface area contributed by atoms with Crippen molar-refractivity contribution in [1.82, 2.24) is 5.32 Å². The van der Waals surface area contributed by atoms with E-state index in [1.54, 1.807) is 0 Å². The molecule has 2 nitrogen and oxygen atoms in total. The molecular formula is C16H25NO. The monoisotopic (exact) mass is 247 g/mol. The SMILES string of the molecule is CC1(CNCCCc2ccccc2)CCOCC1. The van der Waals surface area contributed by atoms with Crippen LogP contribution in [0.5, 0.6) is 0 Å². The minimum atomic E-state index is 0.449. The third kappa shape index (κ3) is 4.43. The Hall–Kier alpha value is -0.860. The topological polar surface area (TPSA) is 21.3 Å². The van der Waals surface area contributed by atoms with Crippen LogP contribution >= 0.6 is 0 Å². The molecule has 0 bridgehead atoms. The molecule has 1 aromatic carbocycles. The maximum Gasteiger partial charge on any atom is 0.0471 e. The molecule has 1 aromatic rings. The lowest BCUT2D eigenvalue weighted by Crippen LogP contribution is -2.37. The molecule has 1 aliphatic rings. The van der Waals surface area contributed by atoms with Gasteiger partial charge in [-0.2, -0.15) is 0 Å². The van der Waals surface area contributed by atoms with Crippen molar-refractivity contribution in [3.8, 4) is 0 Å². The molecule has 0 radical (unpaired) electrons. The van der Waals surface area contributed by atoms with Gasteiger partial charge in [-0.25, -0.2) is 0 Å². The highest BCUT2D eigenvalue weighted by molar-refractivity contribution is 5.14. The Balaban J connectivity index is 1.58. The maximum atomic E-state index is 5.42. The Morgan fingerprint density at radius 2 is 1.89 bits per heavy atom. The fourth-order valence-corrected chi connectivity index (χ4v) is 2.49. The van der Waals surface area contributed by atoms with Crippen LogP contribution in [0.1, 0.15) is 31.7 Å². The third-order valence-corrected chi connectivity index (χ3v) is 3.91. The van der Waals surface area contributed by atoms with Crippen molar-refractivity contribution in [1.29, 1.82) is 0 Å². The largest absolute Gasteiger partial charge is 0.381 e. The molecule has 18 heavy (non-hydrogen) atoms. The van der Waals surface area contributed by atoms with E-state index < -0.39 is 0 Å². The number of hydrogen-bond acceptors (Lipinski definition) is 2. The van der Waals surface area contributed by atoms with Gasteiger partial charge in [0.05, 0.1) is 0 Å². The first-order valence-electron chi connectivity index (χ1n) is 7.11. The van der Waals surface area contributed by atoms with Gasteiger partial charge in [0.15, 0.2) is 0 Å². The highest BCUT2D eigenvalue weighted by Crippen LogP contribution is 2.28. The summed E-state index contributed by atoms with van der Waals surface area (Å²) in [5, 5.41) is 3.61. The van der Waals surface area contributed by atoms with E-state index in [1.165, 1.54) is 31.2 Å². The van der Waals surface area contributed by atoms with Crippen molar-refractivity contribution in [2.75, 3.05) is 26.3 Å². The second-order valence-corrected chi connectivity index (χ2v) is 5.69. The molecule has 1 aliphatic heterocycles. The van der Waals surface area contributed by atoms with E-state index in [1.807, 2.05) is 0 Å². The lowest BCUT2D eigenvalue weighted by Gasteiger charge is -2.33. The molecule has 0 spiro atoms. The number of hydrogen-bond donors (Lipinski definition) is 1. The van der Waals surface area contributed by atoms with Crippen molar-refractivity contribution in [2.24, 2.45) is 5.41 Å². The molecule has 0 unspecified atom stereocenters. The third-order valence-electron chi connectivity index (χ3n) is 3.91. The van der Waals surface area contributed by atoms with Crippen molar-refractivity contribution in [3.05, 3.63) is 35.9 Å². The molecule has 100 valence electrons. The summed E-state index contributed by atoms with van der Waals surface area (Å²) in [4.78, 5) is 0. The quantitative estimate of drug-likeness (QED) is 0.780. The van der Waals surface area contributed by atoms with E-state index >= 15 is 0 Å². The predicted molar refractivity (Wildman–Crippen MR) is 75.8 cm³/mol. The molecule has 2 heteroatoms. The van der Waals surface area contributed by atoms with Gasteiger partial charge in [-0.05, 0) is 43.2 Å². The van der Waals surface area contributed by atoms with Crippen LogP contribution in [-0.2, 0) is 11.2 Å². The van der Waals surface area contributed by atoms with E-state index in [9.17, 15) is 0 Å². The van der Waals surface area contributed by atoms with Crippen molar-refractivity contribution < 1.29 is 4.74 Å². The summed E-state index contributed by atoms with van der Waals surface area (Å²) in [7, 11) is 0. The van der Waals surface area contributed by atoms with Crippen molar-refractivity contribution in [3.63, 3.8) is 0 Å². The standard InChI is InChI=1S/C16H25NO/c1-16(9-12-18-13-10-16)14-17-11-5-8-15-6-3-2-4-7-15/h2-4,6-7,17H,5,8-14H2,1H3. The lowest BCUT2D eigenvalue weighted by atomic mass is 9.82. The lowest BCUT2D eigenvalue weighted by molar-refractivity contribution is 0.0242.